The van der Waals surface area contributed by atoms with Gasteiger partial charge < -0.3 is 20.6 Å². The molecule has 1 aliphatic rings. The third-order valence-corrected chi connectivity index (χ3v) is 5.09. The van der Waals surface area contributed by atoms with Gasteiger partial charge in [-0.25, -0.2) is 4.99 Å². The summed E-state index contributed by atoms with van der Waals surface area (Å²) in [7, 11) is 0. The zero-order valence-electron chi connectivity index (χ0n) is 17.4. The van der Waals surface area contributed by atoms with E-state index in [0.29, 0.717) is 19.5 Å². The van der Waals surface area contributed by atoms with Crippen molar-refractivity contribution in [2.75, 3.05) is 31.1 Å². The van der Waals surface area contributed by atoms with Gasteiger partial charge in [0.05, 0.1) is 13.2 Å². The maximum absolute atomic E-state index is 11.9. The molecule has 1 fully saturated rings. The molecule has 3 N–H and O–H groups in total. The van der Waals surface area contributed by atoms with Gasteiger partial charge in [-0.2, -0.15) is 0 Å². The lowest BCUT2D eigenvalue weighted by molar-refractivity contribution is -0.117. The van der Waals surface area contributed by atoms with Crippen molar-refractivity contribution >= 4 is 41.5 Å². The zero-order chi connectivity index (χ0) is 20.5. The maximum atomic E-state index is 11.9. The lowest BCUT2D eigenvalue weighted by Crippen LogP contribution is -2.39. The molecule has 0 saturated carbocycles. The minimum absolute atomic E-state index is 0. The van der Waals surface area contributed by atoms with Gasteiger partial charge in [-0.3, -0.25) is 4.79 Å². The highest BCUT2D eigenvalue weighted by Gasteiger charge is 2.21. The Morgan fingerprint density at radius 3 is 2.47 bits per heavy atom. The Balaban J connectivity index is 0.00000320. The molecule has 0 bridgehead atoms. The Hall–Kier alpha value is -2.13. The van der Waals surface area contributed by atoms with Crippen molar-refractivity contribution in [3.63, 3.8) is 0 Å². The van der Waals surface area contributed by atoms with Gasteiger partial charge in [-0.1, -0.05) is 42.5 Å². The quantitative estimate of drug-likeness (QED) is 0.283. The highest BCUT2D eigenvalue weighted by atomic mass is 127. The first-order valence-electron chi connectivity index (χ1n) is 10.3. The molecule has 1 heterocycles. The van der Waals surface area contributed by atoms with Gasteiger partial charge in [0.1, 0.15) is 0 Å². The summed E-state index contributed by atoms with van der Waals surface area (Å²) in [6.07, 6.45) is 1.57. The fourth-order valence-corrected chi connectivity index (χ4v) is 3.45. The van der Waals surface area contributed by atoms with E-state index >= 15 is 0 Å². The number of nitrogens with one attached hydrogen (secondary N) is 2. The number of carbonyl (C=O) groups is 1. The first kappa shape index (κ1) is 24.1. The Morgan fingerprint density at radius 1 is 1.13 bits per heavy atom. The van der Waals surface area contributed by atoms with Crippen LogP contribution in [0.1, 0.15) is 36.8 Å². The van der Waals surface area contributed by atoms with Crippen LogP contribution in [0.3, 0.4) is 0 Å². The number of carbonyl (C=O) groups excluding carboxylic acids is 1. The number of anilines is 1. The van der Waals surface area contributed by atoms with Crippen LogP contribution < -0.4 is 15.5 Å². The predicted molar refractivity (Wildman–Crippen MR) is 133 cm³/mol. The van der Waals surface area contributed by atoms with Crippen molar-refractivity contribution in [3.05, 3.63) is 65.7 Å². The number of nitrogens with zero attached hydrogens (tertiary/aromatic N) is 2. The SMILES string of the molecule is CCNC(=NCc1ccc(N2CCCC2=O)cc1)NCC(CO)c1ccccc1.I. The topological polar surface area (TPSA) is 77.0 Å². The molecule has 1 aliphatic heterocycles. The number of benzene rings is 2. The van der Waals surface area contributed by atoms with E-state index in [0.717, 1.165) is 42.3 Å². The lowest BCUT2D eigenvalue weighted by Gasteiger charge is -2.18. The molecule has 1 saturated heterocycles. The van der Waals surface area contributed by atoms with Crippen LogP contribution in [0.15, 0.2) is 59.6 Å². The summed E-state index contributed by atoms with van der Waals surface area (Å²) in [4.78, 5) is 18.4. The second-order valence-corrected chi connectivity index (χ2v) is 7.18. The minimum atomic E-state index is 0. The zero-order valence-corrected chi connectivity index (χ0v) is 19.7. The Morgan fingerprint density at radius 2 is 1.87 bits per heavy atom. The molecule has 0 radical (unpaired) electrons. The van der Waals surface area contributed by atoms with Gasteiger partial charge in [0, 0.05) is 37.7 Å². The first-order chi connectivity index (χ1) is 14.2. The van der Waals surface area contributed by atoms with E-state index in [-0.39, 0.29) is 42.4 Å². The van der Waals surface area contributed by atoms with E-state index in [2.05, 4.69) is 15.6 Å². The number of hydrogen-bond donors (Lipinski definition) is 3. The van der Waals surface area contributed by atoms with Crippen LogP contribution in [0.4, 0.5) is 5.69 Å². The summed E-state index contributed by atoms with van der Waals surface area (Å²) in [5.74, 6) is 0.935. The van der Waals surface area contributed by atoms with Crippen molar-refractivity contribution in [2.45, 2.75) is 32.2 Å². The van der Waals surface area contributed by atoms with Gasteiger partial charge in [0.2, 0.25) is 5.91 Å². The number of halogens is 1. The average Bonchev–Trinajstić information content (AvgIpc) is 3.19. The van der Waals surface area contributed by atoms with Crippen LogP contribution in [0, 0.1) is 0 Å². The van der Waals surface area contributed by atoms with Crippen LogP contribution >= 0.6 is 24.0 Å². The number of aliphatic imine (C=N–C) groups is 1. The molecule has 3 rings (SSSR count). The fourth-order valence-electron chi connectivity index (χ4n) is 3.45. The highest BCUT2D eigenvalue weighted by Crippen LogP contribution is 2.21. The van der Waals surface area contributed by atoms with Crippen LogP contribution in [0.25, 0.3) is 0 Å². The molecule has 2 aromatic carbocycles. The van der Waals surface area contributed by atoms with E-state index < -0.39 is 0 Å². The van der Waals surface area contributed by atoms with Crippen LogP contribution in [0.2, 0.25) is 0 Å². The molecule has 0 spiro atoms. The standard InChI is InChI=1S/C23H30N4O2.HI/c1-2-24-23(26-16-20(17-28)19-7-4-3-5-8-19)25-15-18-10-12-21(13-11-18)27-14-6-9-22(27)29;/h3-5,7-8,10-13,20,28H,2,6,9,14-17H2,1H3,(H2,24,25,26);1H. The molecule has 1 unspecified atom stereocenters. The summed E-state index contributed by atoms with van der Waals surface area (Å²) in [6, 6.07) is 18.0. The number of guanidine groups is 1. The summed E-state index contributed by atoms with van der Waals surface area (Å²) >= 11 is 0. The molecular formula is C23H31IN4O2. The number of rotatable bonds is 8. The highest BCUT2D eigenvalue weighted by molar-refractivity contribution is 14.0. The molecule has 30 heavy (non-hydrogen) atoms. The molecule has 1 atom stereocenters. The van der Waals surface area contributed by atoms with Crippen LogP contribution in [-0.2, 0) is 11.3 Å². The minimum Gasteiger partial charge on any atom is -0.396 e. The molecular weight excluding hydrogens is 491 g/mol. The van der Waals surface area contributed by atoms with Crippen molar-refractivity contribution in [2.24, 2.45) is 4.99 Å². The largest absolute Gasteiger partial charge is 0.396 e. The van der Waals surface area contributed by atoms with E-state index in [9.17, 15) is 9.90 Å². The summed E-state index contributed by atoms with van der Waals surface area (Å²) in [5, 5.41) is 16.3. The van der Waals surface area contributed by atoms with Gasteiger partial charge in [-0.05, 0) is 36.6 Å². The lowest BCUT2D eigenvalue weighted by atomic mass is 10.0. The third-order valence-electron chi connectivity index (χ3n) is 5.09. The molecule has 0 aliphatic carbocycles. The monoisotopic (exact) mass is 522 g/mol. The summed E-state index contributed by atoms with van der Waals surface area (Å²) in [6.45, 7) is 4.81. The van der Waals surface area contributed by atoms with Crippen LogP contribution in [0.5, 0.6) is 0 Å². The number of hydrogen-bond acceptors (Lipinski definition) is 3. The van der Waals surface area contributed by atoms with E-state index in [1.165, 1.54) is 0 Å². The van der Waals surface area contributed by atoms with Crippen molar-refractivity contribution in [1.29, 1.82) is 0 Å². The smallest absolute Gasteiger partial charge is 0.227 e. The predicted octanol–water partition coefficient (Wildman–Crippen LogP) is 3.26. The molecule has 162 valence electrons. The summed E-state index contributed by atoms with van der Waals surface area (Å²) < 4.78 is 0. The van der Waals surface area contributed by atoms with E-state index in [4.69, 9.17) is 0 Å². The summed E-state index contributed by atoms with van der Waals surface area (Å²) in [5.41, 5.74) is 3.14. The number of amides is 1. The van der Waals surface area contributed by atoms with Crippen molar-refractivity contribution < 1.29 is 9.90 Å². The Kier molecular flexibility index (Phi) is 10.1. The second kappa shape index (κ2) is 12.5. The van der Waals surface area contributed by atoms with Crippen molar-refractivity contribution in [3.8, 4) is 0 Å². The number of aliphatic hydroxyl groups is 1. The van der Waals surface area contributed by atoms with Gasteiger partial charge >= 0.3 is 0 Å². The van der Waals surface area contributed by atoms with Gasteiger partial charge in [0.15, 0.2) is 5.96 Å². The Labute approximate surface area is 195 Å². The number of aliphatic hydroxyl groups excluding tert-OH is 1. The second-order valence-electron chi connectivity index (χ2n) is 7.18. The molecule has 2 aromatic rings. The van der Waals surface area contributed by atoms with Gasteiger partial charge in [-0.15, -0.1) is 24.0 Å². The average molecular weight is 522 g/mol. The third kappa shape index (κ3) is 6.70. The van der Waals surface area contributed by atoms with Gasteiger partial charge in [0.25, 0.3) is 0 Å². The van der Waals surface area contributed by atoms with E-state index in [1.807, 2.05) is 66.4 Å². The molecule has 1 amide bonds. The normalized spacial score (nSPS) is 14.9. The fraction of sp³-hybridized carbons (Fsp3) is 0.391. The molecule has 6 nitrogen and oxygen atoms in total. The molecule has 0 aromatic heterocycles. The van der Waals surface area contributed by atoms with E-state index in [1.54, 1.807) is 0 Å². The first-order valence-corrected chi connectivity index (χ1v) is 10.3. The van der Waals surface area contributed by atoms with Crippen LogP contribution in [-0.4, -0.2) is 43.2 Å². The maximum Gasteiger partial charge on any atom is 0.227 e. The Bertz CT molecular complexity index is 812. The molecule has 7 heteroatoms. The van der Waals surface area contributed by atoms with Crippen molar-refractivity contribution in [1.82, 2.24) is 10.6 Å².